The SMILES string of the molecule is C=CCn1c(COc2ccc(Cl)cc2)nnc1SC(C(=O)N(C)C)c1ccccc1. The molecular formula is C22H23ClN4O2S. The van der Waals surface area contributed by atoms with Crippen molar-refractivity contribution in [3.05, 3.63) is 83.7 Å². The van der Waals surface area contributed by atoms with Crippen molar-refractivity contribution in [2.45, 2.75) is 23.6 Å². The Bertz CT molecular complexity index is 990. The lowest BCUT2D eigenvalue weighted by atomic mass is 10.1. The fraction of sp³-hybridized carbons (Fsp3) is 0.227. The summed E-state index contributed by atoms with van der Waals surface area (Å²) in [5.74, 6) is 1.32. The van der Waals surface area contributed by atoms with E-state index < -0.39 is 5.25 Å². The quantitative estimate of drug-likeness (QED) is 0.357. The van der Waals surface area contributed by atoms with Crippen LogP contribution in [-0.4, -0.2) is 39.7 Å². The van der Waals surface area contributed by atoms with Gasteiger partial charge in [-0.1, -0.05) is 59.8 Å². The van der Waals surface area contributed by atoms with Gasteiger partial charge < -0.3 is 9.64 Å². The summed E-state index contributed by atoms with van der Waals surface area (Å²) in [7, 11) is 3.50. The predicted octanol–water partition coefficient (Wildman–Crippen LogP) is 4.62. The molecule has 8 heteroatoms. The van der Waals surface area contributed by atoms with Crippen molar-refractivity contribution in [2.75, 3.05) is 14.1 Å². The van der Waals surface area contributed by atoms with E-state index in [-0.39, 0.29) is 12.5 Å². The fourth-order valence-corrected chi connectivity index (χ4v) is 4.07. The molecule has 0 aliphatic heterocycles. The van der Waals surface area contributed by atoms with E-state index in [1.165, 1.54) is 11.8 Å². The van der Waals surface area contributed by atoms with E-state index in [1.807, 2.05) is 34.9 Å². The molecule has 0 saturated heterocycles. The summed E-state index contributed by atoms with van der Waals surface area (Å²) in [6.07, 6.45) is 1.77. The zero-order chi connectivity index (χ0) is 21.5. The lowest BCUT2D eigenvalue weighted by molar-refractivity contribution is -0.128. The maximum Gasteiger partial charge on any atom is 0.240 e. The molecule has 6 nitrogen and oxygen atoms in total. The van der Waals surface area contributed by atoms with E-state index in [1.54, 1.807) is 49.3 Å². The maximum atomic E-state index is 12.9. The third-order valence-corrected chi connectivity index (χ3v) is 5.75. The van der Waals surface area contributed by atoms with Crippen LogP contribution in [0.15, 0.2) is 72.4 Å². The van der Waals surface area contributed by atoms with Gasteiger partial charge in [-0.05, 0) is 29.8 Å². The normalized spacial score (nSPS) is 11.7. The number of allylic oxidation sites excluding steroid dienone is 1. The summed E-state index contributed by atoms with van der Waals surface area (Å²) >= 11 is 7.29. The van der Waals surface area contributed by atoms with Gasteiger partial charge in [0.25, 0.3) is 0 Å². The van der Waals surface area contributed by atoms with Crippen LogP contribution in [0, 0.1) is 0 Å². The van der Waals surface area contributed by atoms with Crippen LogP contribution < -0.4 is 4.74 Å². The molecule has 1 heterocycles. The van der Waals surface area contributed by atoms with Crippen molar-refractivity contribution in [1.82, 2.24) is 19.7 Å². The van der Waals surface area contributed by atoms with Crippen LogP contribution in [0.3, 0.4) is 0 Å². The van der Waals surface area contributed by atoms with Crippen molar-refractivity contribution < 1.29 is 9.53 Å². The van der Waals surface area contributed by atoms with Gasteiger partial charge in [-0.15, -0.1) is 16.8 Å². The standard InChI is InChI=1S/C22H23ClN4O2S/c1-4-14-27-19(15-29-18-12-10-17(23)11-13-18)24-25-22(27)30-20(21(28)26(2)3)16-8-6-5-7-9-16/h4-13,20H,1,14-15H2,2-3H3. The molecule has 0 spiro atoms. The van der Waals surface area contributed by atoms with Crippen LogP contribution in [-0.2, 0) is 17.9 Å². The highest BCUT2D eigenvalue weighted by Gasteiger charge is 2.26. The first-order valence-corrected chi connectivity index (χ1v) is 10.6. The van der Waals surface area contributed by atoms with E-state index >= 15 is 0 Å². The molecule has 30 heavy (non-hydrogen) atoms. The van der Waals surface area contributed by atoms with Crippen molar-refractivity contribution in [3.8, 4) is 5.75 Å². The van der Waals surface area contributed by atoms with E-state index in [0.29, 0.717) is 28.3 Å². The molecule has 0 aliphatic rings. The van der Waals surface area contributed by atoms with Gasteiger partial charge in [0.2, 0.25) is 5.91 Å². The molecule has 1 atom stereocenters. The molecule has 2 aromatic carbocycles. The zero-order valence-corrected chi connectivity index (χ0v) is 18.4. The van der Waals surface area contributed by atoms with E-state index in [4.69, 9.17) is 16.3 Å². The van der Waals surface area contributed by atoms with Gasteiger partial charge in [0, 0.05) is 25.7 Å². The van der Waals surface area contributed by atoms with Crippen molar-refractivity contribution in [2.24, 2.45) is 0 Å². The number of hydrogen-bond acceptors (Lipinski definition) is 5. The van der Waals surface area contributed by atoms with E-state index in [9.17, 15) is 4.79 Å². The van der Waals surface area contributed by atoms with Crippen LogP contribution >= 0.6 is 23.4 Å². The Morgan fingerprint density at radius 3 is 2.53 bits per heavy atom. The van der Waals surface area contributed by atoms with E-state index in [2.05, 4.69) is 16.8 Å². The van der Waals surface area contributed by atoms with E-state index in [0.717, 1.165) is 5.56 Å². The predicted molar refractivity (Wildman–Crippen MR) is 120 cm³/mol. The average molecular weight is 443 g/mol. The number of aromatic nitrogens is 3. The van der Waals surface area contributed by atoms with Crippen molar-refractivity contribution >= 4 is 29.3 Å². The molecule has 0 bridgehead atoms. The second kappa shape index (κ2) is 10.3. The summed E-state index contributed by atoms with van der Waals surface area (Å²) in [5.41, 5.74) is 0.910. The first-order valence-electron chi connectivity index (χ1n) is 9.33. The molecule has 1 unspecified atom stereocenters. The number of nitrogens with zero attached hydrogens (tertiary/aromatic N) is 4. The van der Waals surface area contributed by atoms with Crippen LogP contribution in [0.25, 0.3) is 0 Å². The minimum absolute atomic E-state index is 0.0154. The molecule has 3 rings (SSSR count). The number of carbonyl (C=O) groups is 1. The van der Waals surface area contributed by atoms with Gasteiger partial charge in [0.1, 0.15) is 17.6 Å². The third kappa shape index (κ3) is 5.43. The first-order chi connectivity index (χ1) is 14.5. The number of halogens is 1. The first kappa shape index (κ1) is 21.9. The Morgan fingerprint density at radius 2 is 1.90 bits per heavy atom. The van der Waals surface area contributed by atoms with Crippen LogP contribution in [0.2, 0.25) is 5.02 Å². The van der Waals surface area contributed by atoms with Gasteiger partial charge in [0.15, 0.2) is 11.0 Å². The molecule has 1 amide bonds. The molecule has 0 radical (unpaired) electrons. The maximum absolute atomic E-state index is 12.9. The van der Waals surface area contributed by atoms with Gasteiger partial charge >= 0.3 is 0 Å². The van der Waals surface area contributed by atoms with Gasteiger partial charge in [-0.3, -0.25) is 9.36 Å². The number of hydrogen-bond donors (Lipinski definition) is 0. The smallest absolute Gasteiger partial charge is 0.240 e. The topological polar surface area (TPSA) is 60.2 Å². The summed E-state index contributed by atoms with van der Waals surface area (Å²) in [5, 5.41) is 9.46. The largest absolute Gasteiger partial charge is 0.486 e. The number of carbonyl (C=O) groups excluding carboxylic acids is 1. The summed E-state index contributed by atoms with van der Waals surface area (Å²) in [6, 6.07) is 16.8. The highest BCUT2D eigenvalue weighted by Crippen LogP contribution is 2.36. The molecule has 0 fully saturated rings. The Hall–Kier alpha value is -2.77. The molecule has 1 aromatic heterocycles. The Morgan fingerprint density at radius 1 is 1.20 bits per heavy atom. The molecule has 0 aliphatic carbocycles. The molecule has 0 saturated carbocycles. The summed E-state index contributed by atoms with van der Waals surface area (Å²) in [6.45, 7) is 4.57. The van der Waals surface area contributed by atoms with Gasteiger partial charge in [-0.25, -0.2) is 0 Å². The lowest BCUT2D eigenvalue weighted by Gasteiger charge is -2.20. The second-order valence-electron chi connectivity index (χ2n) is 6.68. The number of rotatable bonds is 9. The minimum Gasteiger partial charge on any atom is -0.486 e. The van der Waals surface area contributed by atoms with Crippen LogP contribution in [0.4, 0.5) is 0 Å². The third-order valence-electron chi connectivity index (χ3n) is 4.28. The number of amides is 1. The number of benzene rings is 2. The van der Waals surface area contributed by atoms with Crippen molar-refractivity contribution in [3.63, 3.8) is 0 Å². The van der Waals surface area contributed by atoms with Crippen LogP contribution in [0.5, 0.6) is 5.75 Å². The molecule has 3 aromatic rings. The highest BCUT2D eigenvalue weighted by atomic mass is 35.5. The van der Waals surface area contributed by atoms with Gasteiger partial charge in [0.05, 0.1) is 0 Å². The Labute approximate surface area is 185 Å². The van der Waals surface area contributed by atoms with Crippen LogP contribution in [0.1, 0.15) is 16.6 Å². The summed E-state index contributed by atoms with van der Waals surface area (Å²) < 4.78 is 7.73. The Kier molecular flexibility index (Phi) is 7.54. The molecular weight excluding hydrogens is 420 g/mol. The zero-order valence-electron chi connectivity index (χ0n) is 16.9. The number of thioether (sulfide) groups is 1. The Balaban J connectivity index is 1.84. The lowest BCUT2D eigenvalue weighted by Crippen LogP contribution is -2.27. The minimum atomic E-state index is -0.431. The van der Waals surface area contributed by atoms with Crippen molar-refractivity contribution in [1.29, 1.82) is 0 Å². The number of ether oxygens (including phenoxy) is 1. The molecule has 0 N–H and O–H groups in total. The average Bonchev–Trinajstić information content (AvgIpc) is 3.13. The molecule has 156 valence electrons. The fourth-order valence-electron chi connectivity index (χ4n) is 2.73. The summed E-state index contributed by atoms with van der Waals surface area (Å²) in [4.78, 5) is 14.4. The van der Waals surface area contributed by atoms with Gasteiger partial charge in [-0.2, -0.15) is 0 Å². The highest BCUT2D eigenvalue weighted by molar-refractivity contribution is 8.00. The number of likely N-dealkylation sites (N-methyl/N-ethyl adjacent to an activating group) is 1. The second-order valence-corrected chi connectivity index (χ2v) is 8.19. The monoisotopic (exact) mass is 442 g/mol.